The van der Waals surface area contributed by atoms with Gasteiger partial charge in [0.15, 0.2) is 0 Å². The van der Waals surface area contributed by atoms with Crippen molar-refractivity contribution in [1.82, 2.24) is 5.32 Å². The van der Waals surface area contributed by atoms with Gasteiger partial charge in [-0.3, -0.25) is 4.79 Å². The molecule has 0 aliphatic rings. The quantitative estimate of drug-likeness (QED) is 0.796. The standard InChI is InChI=1S/C12H10F3N3O3/c1-6(10(19)20)17-11(21)18-8-3-2-7(5-16)9(4-8)12(13,14)15/h2-4,6H,1H3,(H,19,20)(H2,17,18,21)/t6-/m0/s1. The largest absolute Gasteiger partial charge is 0.480 e. The van der Waals surface area contributed by atoms with Gasteiger partial charge in [-0.2, -0.15) is 18.4 Å². The molecule has 0 fully saturated rings. The highest BCUT2D eigenvalue weighted by molar-refractivity contribution is 5.92. The number of alkyl halides is 3. The molecule has 1 aromatic rings. The van der Waals surface area contributed by atoms with Crippen molar-refractivity contribution in [3.63, 3.8) is 0 Å². The minimum atomic E-state index is -4.74. The van der Waals surface area contributed by atoms with E-state index in [1.165, 1.54) is 13.0 Å². The number of hydrogen-bond acceptors (Lipinski definition) is 3. The van der Waals surface area contributed by atoms with Crippen molar-refractivity contribution >= 4 is 17.7 Å². The number of urea groups is 1. The summed E-state index contributed by atoms with van der Waals surface area (Å²) in [4.78, 5) is 21.9. The molecule has 1 atom stereocenters. The van der Waals surface area contributed by atoms with Gasteiger partial charge in [0.1, 0.15) is 6.04 Å². The fourth-order valence-corrected chi connectivity index (χ4v) is 1.38. The topological polar surface area (TPSA) is 102 Å². The highest BCUT2D eigenvalue weighted by Crippen LogP contribution is 2.33. The van der Waals surface area contributed by atoms with Gasteiger partial charge in [0.25, 0.3) is 0 Å². The molecule has 0 saturated heterocycles. The molecule has 2 amide bonds. The molecule has 0 heterocycles. The molecule has 0 aliphatic carbocycles. The Morgan fingerprint density at radius 2 is 2.00 bits per heavy atom. The molecule has 0 spiro atoms. The zero-order valence-corrected chi connectivity index (χ0v) is 10.7. The van der Waals surface area contributed by atoms with Crippen molar-refractivity contribution in [2.24, 2.45) is 0 Å². The van der Waals surface area contributed by atoms with Gasteiger partial charge in [-0.05, 0) is 25.1 Å². The predicted molar refractivity (Wildman–Crippen MR) is 65.4 cm³/mol. The first-order chi connectivity index (χ1) is 9.65. The number of hydrogen-bond donors (Lipinski definition) is 3. The van der Waals surface area contributed by atoms with Crippen molar-refractivity contribution in [3.8, 4) is 6.07 Å². The smallest absolute Gasteiger partial charge is 0.417 e. The van der Waals surface area contributed by atoms with E-state index in [1.807, 2.05) is 5.32 Å². The van der Waals surface area contributed by atoms with Crippen LogP contribution in [0.2, 0.25) is 0 Å². The van der Waals surface area contributed by atoms with Crippen LogP contribution in [0, 0.1) is 11.3 Å². The minimum Gasteiger partial charge on any atom is -0.480 e. The molecule has 0 bridgehead atoms. The number of nitrogens with zero attached hydrogens (tertiary/aromatic N) is 1. The summed E-state index contributed by atoms with van der Waals surface area (Å²) >= 11 is 0. The number of anilines is 1. The summed E-state index contributed by atoms with van der Waals surface area (Å²) in [5, 5.41) is 21.3. The number of rotatable bonds is 3. The van der Waals surface area contributed by atoms with Crippen molar-refractivity contribution in [1.29, 1.82) is 5.26 Å². The summed E-state index contributed by atoms with van der Waals surface area (Å²) in [6, 6.07) is 1.86. The molecule has 0 aliphatic heterocycles. The van der Waals surface area contributed by atoms with Gasteiger partial charge in [0.2, 0.25) is 0 Å². The van der Waals surface area contributed by atoms with Crippen LogP contribution >= 0.6 is 0 Å². The lowest BCUT2D eigenvalue weighted by Gasteiger charge is -2.13. The zero-order chi connectivity index (χ0) is 16.2. The Bertz CT molecular complexity index is 608. The van der Waals surface area contributed by atoms with Gasteiger partial charge in [0, 0.05) is 5.69 Å². The fraction of sp³-hybridized carbons (Fsp3) is 0.250. The fourth-order valence-electron chi connectivity index (χ4n) is 1.38. The van der Waals surface area contributed by atoms with E-state index in [2.05, 4.69) is 5.32 Å². The van der Waals surface area contributed by atoms with Crippen LogP contribution in [0.25, 0.3) is 0 Å². The summed E-state index contributed by atoms with van der Waals surface area (Å²) in [5.74, 6) is -1.29. The Hall–Kier alpha value is -2.76. The third-order valence-corrected chi connectivity index (χ3v) is 2.42. The summed E-state index contributed by atoms with van der Waals surface area (Å²) in [6.45, 7) is 1.20. The summed E-state index contributed by atoms with van der Waals surface area (Å²) < 4.78 is 38.1. The number of amides is 2. The van der Waals surface area contributed by atoms with Gasteiger partial charge in [-0.1, -0.05) is 0 Å². The second-order valence-corrected chi connectivity index (χ2v) is 4.03. The number of carboxylic acid groups (broad SMARTS) is 1. The third kappa shape index (κ3) is 4.38. The molecule has 112 valence electrons. The normalized spacial score (nSPS) is 12.1. The van der Waals surface area contributed by atoms with Gasteiger partial charge in [0.05, 0.1) is 17.2 Å². The van der Waals surface area contributed by atoms with Crippen LogP contribution in [-0.4, -0.2) is 23.1 Å². The van der Waals surface area contributed by atoms with E-state index in [9.17, 15) is 22.8 Å². The van der Waals surface area contributed by atoms with E-state index in [0.717, 1.165) is 12.1 Å². The number of halogens is 3. The SMILES string of the molecule is C[C@H](NC(=O)Nc1ccc(C#N)c(C(F)(F)F)c1)C(=O)O. The van der Waals surface area contributed by atoms with Gasteiger partial charge in [-0.25, -0.2) is 4.79 Å². The summed E-state index contributed by atoms with van der Waals surface area (Å²) in [7, 11) is 0. The highest BCUT2D eigenvalue weighted by Gasteiger charge is 2.34. The maximum absolute atomic E-state index is 12.7. The van der Waals surface area contributed by atoms with Gasteiger partial charge < -0.3 is 15.7 Å². The lowest BCUT2D eigenvalue weighted by Crippen LogP contribution is -2.40. The molecule has 6 nitrogen and oxygen atoms in total. The number of benzene rings is 1. The maximum Gasteiger partial charge on any atom is 0.417 e. The van der Waals surface area contributed by atoms with Crippen LogP contribution in [0.15, 0.2) is 18.2 Å². The van der Waals surface area contributed by atoms with Crippen LogP contribution in [0.5, 0.6) is 0 Å². The molecule has 1 rings (SSSR count). The van der Waals surface area contributed by atoms with Crippen molar-refractivity contribution in [2.45, 2.75) is 19.1 Å². The Morgan fingerprint density at radius 1 is 1.38 bits per heavy atom. The number of aliphatic carboxylic acids is 1. The molecule has 3 N–H and O–H groups in total. The number of carbonyl (C=O) groups is 2. The first-order valence-electron chi connectivity index (χ1n) is 5.57. The van der Waals surface area contributed by atoms with Crippen LogP contribution < -0.4 is 10.6 Å². The van der Waals surface area contributed by atoms with Crippen LogP contribution in [0.3, 0.4) is 0 Å². The van der Waals surface area contributed by atoms with Crippen LogP contribution in [0.4, 0.5) is 23.7 Å². The molecular formula is C12H10F3N3O3. The summed E-state index contributed by atoms with van der Waals surface area (Å²) in [5.41, 5.74) is -1.97. The highest BCUT2D eigenvalue weighted by atomic mass is 19.4. The number of carboxylic acids is 1. The molecule has 0 aromatic heterocycles. The first kappa shape index (κ1) is 16.3. The lowest BCUT2D eigenvalue weighted by molar-refractivity contribution is -0.139. The van der Waals surface area contributed by atoms with Crippen LogP contribution in [0.1, 0.15) is 18.1 Å². The second kappa shape index (κ2) is 6.13. The Kier molecular flexibility index (Phi) is 4.75. The molecule has 0 radical (unpaired) electrons. The first-order valence-corrected chi connectivity index (χ1v) is 5.57. The molecule has 1 aromatic carbocycles. The Balaban J connectivity index is 2.94. The van der Waals surface area contributed by atoms with Crippen molar-refractivity contribution in [2.75, 3.05) is 5.32 Å². The number of carbonyl (C=O) groups excluding carboxylic acids is 1. The maximum atomic E-state index is 12.7. The molecule has 0 saturated carbocycles. The Morgan fingerprint density at radius 3 is 2.48 bits per heavy atom. The lowest BCUT2D eigenvalue weighted by atomic mass is 10.1. The monoisotopic (exact) mass is 301 g/mol. The average molecular weight is 301 g/mol. The van der Waals surface area contributed by atoms with Crippen LogP contribution in [-0.2, 0) is 11.0 Å². The van der Waals surface area contributed by atoms with E-state index < -0.39 is 35.3 Å². The van der Waals surface area contributed by atoms with E-state index in [1.54, 1.807) is 0 Å². The van der Waals surface area contributed by atoms with E-state index >= 15 is 0 Å². The average Bonchev–Trinajstić information content (AvgIpc) is 2.37. The molecule has 21 heavy (non-hydrogen) atoms. The van der Waals surface area contributed by atoms with Gasteiger partial charge >= 0.3 is 18.2 Å². The van der Waals surface area contributed by atoms with Crippen molar-refractivity contribution < 1.29 is 27.9 Å². The van der Waals surface area contributed by atoms with Crippen molar-refractivity contribution in [3.05, 3.63) is 29.3 Å². The Labute approximate surface area is 117 Å². The van der Waals surface area contributed by atoms with E-state index in [0.29, 0.717) is 6.07 Å². The van der Waals surface area contributed by atoms with E-state index in [-0.39, 0.29) is 5.69 Å². The molecule has 0 unspecified atom stereocenters. The number of nitrogens with one attached hydrogen (secondary N) is 2. The van der Waals surface area contributed by atoms with Gasteiger partial charge in [-0.15, -0.1) is 0 Å². The number of nitriles is 1. The van der Waals surface area contributed by atoms with E-state index in [4.69, 9.17) is 10.4 Å². The summed E-state index contributed by atoms with van der Waals surface area (Å²) in [6.07, 6.45) is -4.74. The zero-order valence-electron chi connectivity index (χ0n) is 10.7. The molecule has 9 heteroatoms. The second-order valence-electron chi connectivity index (χ2n) is 4.03. The third-order valence-electron chi connectivity index (χ3n) is 2.42. The predicted octanol–water partition coefficient (Wildman–Crippen LogP) is 2.17. The minimum absolute atomic E-state index is 0.212. The molecular weight excluding hydrogens is 291 g/mol.